The molecule has 0 saturated carbocycles. The summed E-state index contributed by atoms with van der Waals surface area (Å²) in [4.78, 5) is 92.4. The summed E-state index contributed by atoms with van der Waals surface area (Å²) in [6.45, 7) is 1.22. The van der Waals surface area contributed by atoms with Crippen LogP contribution in [0.4, 0.5) is 37.1 Å². The highest BCUT2D eigenvalue weighted by Gasteiger charge is 2.25. The van der Waals surface area contributed by atoms with Crippen molar-refractivity contribution in [2.45, 2.75) is 76.9 Å². The van der Waals surface area contributed by atoms with E-state index in [1.165, 1.54) is 70.4 Å². The van der Waals surface area contributed by atoms with Gasteiger partial charge in [-0.2, -0.15) is 8.42 Å². The van der Waals surface area contributed by atoms with Gasteiger partial charge in [0.25, 0.3) is 17.1 Å². The number of nitrogens with two attached hydrogens (primary N) is 1. The van der Waals surface area contributed by atoms with Crippen LogP contribution in [0.15, 0.2) is 280 Å². The Bertz CT molecular complexity index is 5690. The largest absolute Gasteiger partial charge is 0.357 e. The summed E-state index contributed by atoms with van der Waals surface area (Å²) in [5.74, 6) is 0. The maximum absolute atomic E-state index is 12.7. The Morgan fingerprint density at radius 2 is 0.623 bits per heavy atom. The summed E-state index contributed by atoms with van der Waals surface area (Å²) in [7, 11) is -4.34. The third-order valence-electron chi connectivity index (χ3n) is 17.7. The highest BCUT2D eigenvalue weighted by molar-refractivity contribution is 8.93. The third kappa shape index (κ3) is 28.6. The average Bonchev–Trinajstić information content (AvgIpc) is 1.68. The molecule has 628 valence electrons. The summed E-state index contributed by atoms with van der Waals surface area (Å²) in [5.41, 5.74) is 16.3. The number of non-ortho nitro benzene ring substituents is 3. The molecule has 37 heteroatoms. The van der Waals surface area contributed by atoms with Gasteiger partial charge in [-0.05, 0) is 123 Å². The van der Waals surface area contributed by atoms with Crippen molar-refractivity contribution in [3.05, 3.63) is 372 Å². The second kappa shape index (κ2) is 46.2. The minimum absolute atomic E-state index is 0. The van der Waals surface area contributed by atoms with Crippen LogP contribution in [-0.4, -0.2) is 65.8 Å². The SMILES string of the molecule is Br.C.N[C@@H](Cc1ccc([N+](=O)[O-])cc1)c1csc(-c2cccs2)n1.O=C(NCc1ccccc1)N[C@@H](Cc1ccc(NS(=O)(=O)O)cc1)c1csc(-c2cccs2)n1.O=C(NCc1ccccc1)N[C@@H](Cc1ccc([N+](=O)[O-])cc1)c1csc(-c2cccs2)n1.O=C(NCc1ccccc1)N[C@@H](Cc1ccc([N+](=O)[O-])cc1)c1csc(-c2cccs2)n1. The molecule has 0 unspecified atom stereocenters. The molecule has 8 aromatic heterocycles. The molecule has 15 aromatic rings. The van der Waals surface area contributed by atoms with Crippen molar-refractivity contribution < 1.29 is 42.1 Å². The van der Waals surface area contributed by atoms with Crippen molar-refractivity contribution in [2.75, 3.05) is 4.72 Å². The van der Waals surface area contributed by atoms with E-state index in [4.69, 9.17) is 25.2 Å². The van der Waals surface area contributed by atoms with E-state index >= 15 is 0 Å². The van der Waals surface area contributed by atoms with Gasteiger partial charge in [0.15, 0.2) is 0 Å². The number of carbonyl (C=O) groups is 3. The first kappa shape index (κ1) is 92.3. The number of hydrogen-bond acceptors (Lipinski definition) is 24. The van der Waals surface area contributed by atoms with E-state index in [1.807, 2.05) is 187 Å². The van der Waals surface area contributed by atoms with Crippen LogP contribution in [0.3, 0.4) is 0 Å². The van der Waals surface area contributed by atoms with E-state index in [0.29, 0.717) is 45.3 Å². The van der Waals surface area contributed by atoms with Gasteiger partial charge in [-0.25, -0.2) is 34.3 Å². The number of anilines is 1. The van der Waals surface area contributed by atoms with Gasteiger partial charge in [0.05, 0.1) is 86.9 Å². The topological polar surface area (TPSA) is 397 Å². The number of benzene rings is 7. The lowest BCUT2D eigenvalue weighted by molar-refractivity contribution is -0.385. The molecule has 15 rings (SSSR count). The average molecular weight is 1870 g/mol. The number of aromatic nitrogens is 4. The molecule has 0 bridgehead atoms. The van der Waals surface area contributed by atoms with Crippen LogP contribution in [0, 0.1) is 30.3 Å². The highest BCUT2D eigenvalue weighted by atomic mass is 79.9. The Labute approximate surface area is 745 Å². The van der Waals surface area contributed by atoms with E-state index < -0.39 is 31.1 Å². The van der Waals surface area contributed by atoms with E-state index in [0.717, 1.165) is 101 Å². The Kier molecular flexibility index (Phi) is 34.9. The van der Waals surface area contributed by atoms with E-state index in [1.54, 1.807) is 117 Å². The van der Waals surface area contributed by atoms with Gasteiger partial charge in [-0.1, -0.05) is 171 Å². The Hall–Kier alpha value is -12.0. The van der Waals surface area contributed by atoms with Crippen molar-refractivity contribution in [1.29, 1.82) is 0 Å². The molecule has 7 aromatic carbocycles. The van der Waals surface area contributed by atoms with Crippen molar-refractivity contribution in [3.63, 3.8) is 0 Å². The molecule has 122 heavy (non-hydrogen) atoms. The van der Waals surface area contributed by atoms with Crippen molar-refractivity contribution in [1.82, 2.24) is 51.8 Å². The van der Waals surface area contributed by atoms with Crippen LogP contribution in [-0.2, 0) is 55.6 Å². The quantitative estimate of drug-likeness (QED) is 0.0115. The minimum Gasteiger partial charge on any atom is -0.334 e. The molecule has 0 spiro atoms. The number of halogens is 1. The zero-order valence-corrected chi connectivity index (χ0v) is 72.7. The lowest BCUT2D eigenvalue weighted by Crippen LogP contribution is -2.38. The fourth-order valence-electron chi connectivity index (χ4n) is 11.7. The van der Waals surface area contributed by atoms with Gasteiger partial charge in [-0.15, -0.1) is 108 Å². The fourth-order valence-corrected chi connectivity index (χ4v) is 18.9. The summed E-state index contributed by atoms with van der Waals surface area (Å²) >= 11 is 12.6. The summed E-state index contributed by atoms with van der Waals surface area (Å²) in [5, 5.41) is 69.7. The van der Waals surface area contributed by atoms with Crippen LogP contribution in [0.5, 0.6) is 0 Å². The Morgan fingerprint density at radius 3 is 0.885 bits per heavy atom. The van der Waals surface area contributed by atoms with Gasteiger partial charge in [0.2, 0.25) is 0 Å². The molecule has 4 atom stereocenters. The second-order valence-corrected chi connectivity index (χ2v) is 34.7. The van der Waals surface area contributed by atoms with Gasteiger partial charge < -0.3 is 37.6 Å². The highest BCUT2D eigenvalue weighted by Crippen LogP contribution is 2.36. The number of nitrogens with one attached hydrogen (secondary N) is 7. The summed E-state index contributed by atoms with van der Waals surface area (Å²) in [6, 6.07) is 68.4. The first-order chi connectivity index (χ1) is 58.1. The third-order valence-corrected chi connectivity index (χ3v) is 25.8. The number of carbonyl (C=O) groups excluding carboxylic acids is 3. The number of thiophene rings is 4. The Balaban J connectivity index is 0.000000171. The summed E-state index contributed by atoms with van der Waals surface area (Å²) < 4.78 is 33.0. The maximum atomic E-state index is 12.7. The predicted molar refractivity (Wildman–Crippen MR) is 495 cm³/mol. The number of urea groups is 3. The van der Waals surface area contributed by atoms with Crippen LogP contribution in [0.1, 0.15) is 93.3 Å². The van der Waals surface area contributed by atoms with Crippen LogP contribution < -0.4 is 42.4 Å². The van der Waals surface area contributed by atoms with Gasteiger partial charge >= 0.3 is 28.4 Å². The van der Waals surface area contributed by atoms with E-state index in [-0.39, 0.29) is 83.4 Å². The fraction of sp³-hybridized carbons (Fsp3) is 0.141. The monoisotopic (exact) mass is 1870 g/mol. The van der Waals surface area contributed by atoms with Crippen LogP contribution >= 0.6 is 108 Å². The molecule has 0 aliphatic heterocycles. The second-order valence-electron chi connectivity index (χ2n) is 26.3. The smallest absolute Gasteiger partial charge is 0.334 e. The van der Waals surface area contributed by atoms with Gasteiger partial charge in [0, 0.05) is 77.6 Å². The molecule has 27 nitrogen and oxygen atoms in total. The number of hydrogen-bond donors (Lipinski definition) is 9. The van der Waals surface area contributed by atoms with E-state index in [9.17, 15) is 53.1 Å². The summed E-state index contributed by atoms with van der Waals surface area (Å²) in [6.07, 6.45) is 1.97. The number of nitrogens with zero attached hydrogens (tertiary/aromatic N) is 7. The van der Waals surface area contributed by atoms with E-state index in [2.05, 4.69) is 36.9 Å². The molecule has 8 heterocycles. The van der Waals surface area contributed by atoms with Gasteiger partial charge in [-0.3, -0.25) is 39.6 Å². The number of nitro groups is 3. The van der Waals surface area contributed by atoms with Crippen molar-refractivity contribution >= 4 is 159 Å². The van der Waals surface area contributed by atoms with Crippen molar-refractivity contribution in [3.8, 4) is 39.5 Å². The molecule has 0 aliphatic rings. The Morgan fingerprint density at radius 1 is 0.361 bits per heavy atom. The molecule has 0 saturated heterocycles. The number of amides is 6. The molecule has 0 fully saturated rings. The van der Waals surface area contributed by atoms with Crippen LogP contribution in [0.2, 0.25) is 0 Å². The van der Waals surface area contributed by atoms with Crippen molar-refractivity contribution in [2.24, 2.45) is 5.73 Å². The lowest BCUT2D eigenvalue weighted by atomic mass is 10.0. The zero-order valence-electron chi connectivity index (χ0n) is 63.6. The number of thiazole rings is 4. The predicted octanol–water partition coefficient (Wildman–Crippen LogP) is 21.2. The van der Waals surface area contributed by atoms with Crippen LogP contribution in [0.25, 0.3) is 39.5 Å². The number of rotatable bonds is 30. The van der Waals surface area contributed by atoms with Gasteiger partial charge in [0.1, 0.15) is 20.0 Å². The zero-order chi connectivity index (χ0) is 84.2. The molecular formula is C85H80BrN15O12S9. The number of nitro benzene ring substituents is 3. The lowest BCUT2D eigenvalue weighted by Gasteiger charge is -2.18. The molecule has 0 radical (unpaired) electrons. The normalized spacial score (nSPS) is 11.7. The molecule has 0 aliphatic carbocycles. The first-order valence-corrected chi connectivity index (χ1v) is 45.1. The minimum atomic E-state index is -4.34. The first-order valence-electron chi connectivity index (χ1n) is 36.7. The molecule has 6 amide bonds. The molecule has 10 N–H and O–H groups in total. The standard InChI is InChI=1S/C23H22N4O4S3.2C23H20N4O3S2.C15H13N3O2S2.CH4.BrH/c28-23(24-14-17-5-2-1-3-6-17)26-19(20-15-33-22(25-20)21-7-4-12-32-21)13-16-8-10-18(11-9-16)27-34(29,30)31;2*28-23(24-14-17-5-2-1-3-6-17)26-19(13-16-8-10-18(11-9-16)27(29)30)20-15-32-22(25-20)21-7-4-12-31-21;16-12(8-10-3-5-11(6-4-10)18(19)20)13-9-22-15(17-13)14-2-1-7-21-14;;/h1-12,15,19,27H,13-14H2,(H2,24,26,28)(H,29,30,31);2*1-12,15,19H,13-14H2,(H2,24,26,28);1-7,9,12H,8,16H2;1H4;1H/t3*19-;12-;;/m0000../s1. The molecular weight excluding hydrogens is 1790 g/mol. The maximum Gasteiger partial charge on any atom is 0.357 e.